The Kier molecular flexibility index (Phi) is 4.36. The summed E-state index contributed by atoms with van der Waals surface area (Å²) in [5.41, 5.74) is 5.83. The second kappa shape index (κ2) is 5.81. The van der Waals surface area contributed by atoms with E-state index in [1.54, 1.807) is 13.3 Å². The van der Waals surface area contributed by atoms with Crippen LogP contribution in [0, 0.1) is 0 Å². The molecule has 0 aliphatic carbocycles. The molecule has 1 aliphatic heterocycles. The van der Waals surface area contributed by atoms with Gasteiger partial charge in [0.1, 0.15) is 0 Å². The standard InChI is InChI=1S/C11H18BrN5O/c1-16-3-4-17(8(5-13)7-16)11-14-6-9(12)10(15-11)18-2/h6,8H,3-5,7,13H2,1-2H3. The number of hydrogen-bond donors (Lipinski definition) is 1. The van der Waals surface area contributed by atoms with Crippen molar-refractivity contribution in [3.63, 3.8) is 0 Å². The molecule has 0 bridgehead atoms. The summed E-state index contributed by atoms with van der Waals surface area (Å²) in [5.74, 6) is 1.23. The fraction of sp³-hybridized carbons (Fsp3) is 0.636. The van der Waals surface area contributed by atoms with E-state index in [2.05, 4.69) is 42.7 Å². The predicted octanol–water partition coefficient (Wildman–Crippen LogP) is 0.327. The van der Waals surface area contributed by atoms with Gasteiger partial charge in [0.25, 0.3) is 0 Å². The molecule has 1 fully saturated rings. The molecule has 1 aromatic rings. The number of anilines is 1. The number of aromatic nitrogens is 2. The third-order valence-electron chi connectivity index (χ3n) is 3.11. The number of halogens is 1. The van der Waals surface area contributed by atoms with Gasteiger partial charge in [-0.3, -0.25) is 0 Å². The Morgan fingerprint density at radius 2 is 2.33 bits per heavy atom. The van der Waals surface area contributed by atoms with Crippen molar-refractivity contribution in [2.75, 3.05) is 45.2 Å². The number of ether oxygens (including phenoxy) is 1. The molecule has 1 unspecified atom stereocenters. The minimum absolute atomic E-state index is 0.245. The number of hydrogen-bond acceptors (Lipinski definition) is 6. The molecule has 0 amide bonds. The molecule has 18 heavy (non-hydrogen) atoms. The summed E-state index contributed by atoms with van der Waals surface area (Å²) in [4.78, 5) is 13.2. The van der Waals surface area contributed by atoms with Crippen LogP contribution in [0.1, 0.15) is 0 Å². The lowest BCUT2D eigenvalue weighted by atomic mass is 10.2. The number of nitrogens with two attached hydrogens (primary N) is 1. The van der Waals surface area contributed by atoms with Crippen LogP contribution < -0.4 is 15.4 Å². The minimum atomic E-state index is 0.245. The molecule has 0 spiro atoms. The number of likely N-dealkylation sites (N-methyl/N-ethyl adjacent to an activating group) is 1. The molecule has 0 aromatic carbocycles. The van der Waals surface area contributed by atoms with Crippen molar-refractivity contribution >= 4 is 21.9 Å². The second-order valence-electron chi connectivity index (χ2n) is 4.37. The highest BCUT2D eigenvalue weighted by atomic mass is 79.9. The summed E-state index contributed by atoms with van der Waals surface area (Å²) in [6.45, 7) is 3.38. The first kappa shape index (κ1) is 13.5. The Morgan fingerprint density at radius 1 is 1.56 bits per heavy atom. The van der Waals surface area contributed by atoms with E-state index in [1.807, 2.05) is 0 Å². The van der Waals surface area contributed by atoms with Gasteiger partial charge in [-0.25, -0.2) is 4.98 Å². The lowest BCUT2D eigenvalue weighted by molar-refractivity contribution is 0.267. The van der Waals surface area contributed by atoms with Crippen LogP contribution in [0.5, 0.6) is 5.88 Å². The monoisotopic (exact) mass is 315 g/mol. The van der Waals surface area contributed by atoms with Crippen LogP contribution in [0.3, 0.4) is 0 Å². The Morgan fingerprint density at radius 3 is 3.00 bits per heavy atom. The van der Waals surface area contributed by atoms with Gasteiger partial charge in [0.2, 0.25) is 11.8 Å². The van der Waals surface area contributed by atoms with Crippen molar-refractivity contribution in [2.45, 2.75) is 6.04 Å². The van der Waals surface area contributed by atoms with Gasteiger partial charge in [-0.2, -0.15) is 4.98 Å². The van der Waals surface area contributed by atoms with Crippen LogP contribution in [0.4, 0.5) is 5.95 Å². The van der Waals surface area contributed by atoms with Gasteiger partial charge in [0, 0.05) is 26.2 Å². The zero-order valence-corrected chi connectivity index (χ0v) is 12.2. The van der Waals surface area contributed by atoms with Crippen LogP contribution in [0.15, 0.2) is 10.7 Å². The Bertz CT molecular complexity index is 416. The van der Waals surface area contributed by atoms with Crippen molar-refractivity contribution in [3.8, 4) is 5.88 Å². The van der Waals surface area contributed by atoms with E-state index in [9.17, 15) is 0 Å². The van der Waals surface area contributed by atoms with Gasteiger partial charge < -0.3 is 20.3 Å². The number of nitrogens with zero attached hydrogens (tertiary/aromatic N) is 4. The zero-order chi connectivity index (χ0) is 13.1. The first-order valence-electron chi connectivity index (χ1n) is 5.87. The molecule has 1 saturated heterocycles. The molecule has 2 N–H and O–H groups in total. The van der Waals surface area contributed by atoms with E-state index in [-0.39, 0.29) is 6.04 Å². The molecule has 7 heteroatoms. The van der Waals surface area contributed by atoms with Gasteiger partial charge in [0.05, 0.1) is 23.8 Å². The van der Waals surface area contributed by atoms with E-state index < -0.39 is 0 Å². The number of methoxy groups -OCH3 is 1. The maximum Gasteiger partial charge on any atom is 0.232 e. The molecule has 1 aliphatic rings. The van der Waals surface area contributed by atoms with Gasteiger partial charge in [-0.1, -0.05) is 0 Å². The normalized spacial score (nSPS) is 21.1. The van der Waals surface area contributed by atoms with Crippen LogP contribution in [-0.4, -0.2) is 61.2 Å². The summed E-state index contributed by atoms with van der Waals surface area (Å²) in [6, 6.07) is 0.245. The number of rotatable bonds is 3. The molecular weight excluding hydrogens is 298 g/mol. The van der Waals surface area contributed by atoms with Gasteiger partial charge >= 0.3 is 0 Å². The van der Waals surface area contributed by atoms with Gasteiger partial charge in [-0.15, -0.1) is 0 Å². The second-order valence-corrected chi connectivity index (χ2v) is 5.23. The van der Waals surface area contributed by atoms with Crippen molar-refractivity contribution in [3.05, 3.63) is 10.7 Å². The summed E-state index contributed by atoms with van der Waals surface area (Å²) >= 11 is 3.35. The first-order valence-corrected chi connectivity index (χ1v) is 6.66. The van der Waals surface area contributed by atoms with Crippen LogP contribution in [0.2, 0.25) is 0 Å². The molecule has 1 aromatic heterocycles. The topological polar surface area (TPSA) is 67.5 Å². The first-order chi connectivity index (χ1) is 8.65. The summed E-state index contributed by atoms with van der Waals surface area (Å²) in [6.07, 6.45) is 1.72. The molecular formula is C11H18BrN5O. The Labute approximate surface area is 115 Å². The van der Waals surface area contributed by atoms with Crippen molar-refractivity contribution in [2.24, 2.45) is 5.73 Å². The maximum absolute atomic E-state index is 5.83. The van der Waals surface area contributed by atoms with E-state index in [0.29, 0.717) is 18.4 Å². The molecule has 0 saturated carbocycles. The quantitative estimate of drug-likeness (QED) is 0.867. The minimum Gasteiger partial charge on any atom is -0.480 e. The largest absolute Gasteiger partial charge is 0.480 e. The molecule has 0 radical (unpaired) electrons. The van der Waals surface area contributed by atoms with Crippen LogP contribution >= 0.6 is 15.9 Å². The smallest absolute Gasteiger partial charge is 0.232 e. The highest BCUT2D eigenvalue weighted by Gasteiger charge is 2.26. The summed E-state index contributed by atoms with van der Waals surface area (Å²) < 4.78 is 5.96. The van der Waals surface area contributed by atoms with E-state index >= 15 is 0 Å². The van der Waals surface area contributed by atoms with Crippen molar-refractivity contribution in [1.29, 1.82) is 0 Å². The molecule has 2 heterocycles. The summed E-state index contributed by atoms with van der Waals surface area (Å²) in [7, 11) is 3.70. The van der Waals surface area contributed by atoms with E-state index in [1.165, 1.54) is 0 Å². The van der Waals surface area contributed by atoms with Crippen LogP contribution in [-0.2, 0) is 0 Å². The SMILES string of the molecule is COc1nc(N2CCN(C)CC2CN)ncc1Br. The Hall–Kier alpha value is -0.920. The molecule has 6 nitrogen and oxygen atoms in total. The van der Waals surface area contributed by atoms with Crippen molar-refractivity contribution in [1.82, 2.24) is 14.9 Å². The highest BCUT2D eigenvalue weighted by molar-refractivity contribution is 9.10. The molecule has 100 valence electrons. The van der Waals surface area contributed by atoms with Gasteiger partial charge in [-0.05, 0) is 23.0 Å². The highest BCUT2D eigenvalue weighted by Crippen LogP contribution is 2.24. The lowest BCUT2D eigenvalue weighted by Gasteiger charge is -2.39. The van der Waals surface area contributed by atoms with Crippen LogP contribution in [0.25, 0.3) is 0 Å². The summed E-state index contributed by atoms with van der Waals surface area (Å²) in [5, 5.41) is 0. The van der Waals surface area contributed by atoms with E-state index in [0.717, 1.165) is 24.1 Å². The predicted molar refractivity (Wildman–Crippen MR) is 74.0 cm³/mol. The fourth-order valence-corrected chi connectivity index (χ4v) is 2.45. The zero-order valence-electron chi connectivity index (χ0n) is 10.6. The maximum atomic E-state index is 5.83. The van der Waals surface area contributed by atoms with Crippen molar-refractivity contribution < 1.29 is 4.74 Å². The average molecular weight is 316 g/mol. The third-order valence-corrected chi connectivity index (χ3v) is 3.65. The Balaban J connectivity index is 2.24. The fourth-order valence-electron chi connectivity index (χ4n) is 2.10. The van der Waals surface area contributed by atoms with Gasteiger partial charge in [0.15, 0.2) is 0 Å². The molecule has 2 rings (SSSR count). The average Bonchev–Trinajstić information content (AvgIpc) is 2.39. The number of piperazine rings is 1. The third kappa shape index (κ3) is 2.73. The molecule has 1 atom stereocenters. The lowest BCUT2D eigenvalue weighted by Crippen LogP contribution is -2.55. The van der Waals surface area contributed by atoms with E-state index in [4.69, 9.17) is 10.5 Å².